The SMILES string of the molecule is CCCC/C=C/CC/C=C/C(O)C(CO)NC(=O)CCCCCCCCC/C=C\CCCCCCCC. The van der Waals surface area contributed by atoms with E-state index in [1.54, 1.807) is 6.08 Å². The second kappa shape index (κ2) is 29.2. The van der Waals surface area contributed by atoms with Crippen LogP contribution in [0.15, 0.2) is 36.5 Å². The molecule has 0 spiro atoms. The Bertz CT molecular complexity index is 570. The maximum absolute atomic E-state index is 12.2. The summed E-state index contributed by atoms with van der Waals surface area (Å²) in [5.74, 6) is -0.0851. The lowest BCUT2D eigenvalue weighted by molar-refractivity contribution is -0.123. The number of hydrogen-bond donors (Lipinski definition) is 3. The molecule has 2 atom stereocenters. The first kappa shape index (κ1) is 35.6. The van der Waals surface area contributed by atoms with Gasteiger partial charge < -0.3 is 15.5 Å². The van der Waals surface area contributed by atoms with Gasteiger partial charge in [-0.3, -0.25) is 4.79 Å². The van der Waals surface area contributed by atoms with Crippen LogP contribution in [0.3, 0.4) is 0 Å². The van der Waals surface area contributed by atoms with E-state index < -0.39 is 12.1 Å². The highest BCUT2D eigenvalue weighted by atomic mass is 16.3. The van der Waals surface area contributed by atoms with Crippen molar-refractivity contribution in [3.63, 3.8) is 0 Å². The molecule has 0 aliphatic carbocycles. The molecule has 0 fully saturated rings. The molecule has 0 bridgehead atoms. The maximum Gasteiger partial charge on any atom is 0.220 e. The van der Waals surface area contributed by atoms with E-state index >= 15 is 0 Å². The van der Waals surface area contributed by atoms with Crippen LogP contribution < -0.4 is 5.32 Å². The molecule has 37 heavy (non-hydrogen) atoms. The normalized spacial score (nSPS) is 13.7. The van der Waals surface area contributed by atoms with Gasteiger partial charge in [-0.2, -0.15) is 0 Å². The Hall–Kier alpha value is -1.39. The topological polar surface area (TPSA) is 69.6 Å². The first-order valence-electron chi connectivity index (χ1n) is 15.7. The molecule has 0 aromatic heterocycles. The molecule has 0 saturated carbocycles. The predicted octanol–water partition coefficient (Wildman–Crippen LogP) is 8.72. The number of allylic oxidation sites excluding steroid dienone is 5. The Morgan fingerprint density at radius 2 is 1.08 bits per heavy atom. The molecular formula is C33H61NO3. The fourth-order valence-corrected chi connectivity index (χ4v) is 4.35. The van der Waals surface area contributed by atoms with Crippen molar-refractivity contribution in [2.24, 2.45) is 0 Å². The summed E-state index contributed by atoms with van der Waals surface area (Å²) in [7, 11) is 0. The van der Waals surface area contributed by atoms with E-state index in [1.807, 2.05) is 6.08 Å². The minimum atomic E-state index is -0.858. The summed E-state index contributed by atoms with van der Waals surface area (Å²) >= 11 is 0. The number of amides is 1. The molecule has 0 aliphatic rings. The number of hydrogen-bond acceptors (Lipinski definition) is 3. The average Bonchev–Trinajstić information content (AvgIpc) is 2.90. The third kappa shape index (κ3) is 26.0. The number of nitrogens with one attached hydrogen (secondary N) is 1. The van der Waals surface area contributed by atoms with E-state index in [9.17, 15) is 15.0 Å². The fourth-order valence-electron chi connectivity index (χ4n) is 4.35. The zero-order chi connectivity index (χ0) is 27.2. The van der Waals surface area contributed by atoms with Crippen molar-refractivity contribution < 1.29 is 15.0 Å². The summed E-state index contributed by atoms with van der Waals surface area (Å²) in [6.45, 7) is 4.19. The number of carbonyl (C=O) groups is 1. The molecule has 0 aromatic carbocycles. The number of aliphatic hydroxyl groups excluding tert-OH is 2. The lowest BCUT2D eigenvalue weighted by atomic mass is 10.1. The number of rotatable bonds is 27. The predicted molar refractivity (Wildman–Crippen MR) is 161 cm³/mol. The van der Waals surface area contributed by atoms with Crippen molar-refractivity contribution in [2.45, 2.75) is 161 Å². The van der Waals surface area contributed by atoms with Crippen LogP contribution in [0.1, 0.15) is 149 Å². The van der Waals surface area contributed by atoms with Gasteiger partial charge in [0.05, 0.1) is 18.8 Å². The summed E-state index contributed by atoms with van der Waals surface area (Å²) in [5.41, 5.74) is 0. The highest BCUT2D eigenvalue weighted by molar-refractivity contribution is 5.76. The molecule has 0 aliphatic heterocycles. The monoisotopic (exact) mass is 519 g/mol. The molecule has 4 heteroatoms. The Balaban J connectivity index is 3.65. The van der Waals surface area contributed by atoms with Gasteiger partial charge in [0.1, 0.15) is 0 Å². The smallest absolute Gasteiger partial charge is 0.220 e. The lowest BCUT2D eigenvalue weighted by Gasteiger charge is -2.19. The van der Waals surface area contributed by atoms with Gasteiger partial charge in [0.15, 0.2) is 0 Å². The van der Waals surface area contributed by atoms with Gasteiger partial charge in [-0.1, -0.05) is 127 Å². The van der Waals surface area contributed by atoms with Crippen molar-refractivity contribution in [3.8, 4) is 0 Å². The highest BCUT2D eigenvalue weighted by Gasteiger charge is 2.17. The number of carbonyl (C=O) groups excluding carboxylic acids is 1. The van der Waals surface area contributed by atoms with E-state index in [2.05, 4.69) is 43.5 Å². The minimum absolute atomic E-state index is 0.0851. The van der Waals surface area contributed by atoms with E-state index in [0.29, 0.717) is 6.42 Å². The second-order valence-electron chi connectivity index (χ2n) is 10.5. The molecule has 0 saturated heterocycles. The zero-order valence-corrected chi connectivity index (χ0v) is 24.5. The maximum atomic E-state index is 12.2. The van der Waals surface area contributed by atoms with Crippen molar-refractivity contribution in [2.75, 3.05) is 6.61 Å². The Morgan fingerprint density at radius 1 is 0.622 bits per heavy atom. The zero-order valence-electron chi connectivity index (χ0n) is 24.5. The molecule has 1 amide bonds. The van der Waals surface area contributed by atoms with Gasteiger partial charge in [0.2, 0.25) is 5.91 Å². The molecule has 0 aromatic rings. The first-order chi connectivity index (χ1) is 18.2. The van der Waals surface area contributed by atoms with E-state index in [1.165, 1.54) is 96.3 Å². The van der Waals surface area contributed by atoms with E-state index in [4.69, 9.17) is 0 Å². The quantitative estimate of drug-likeness (QED) is 0.0750. The molecule has 0 rings (SSSR count). The third-order valence-electron chi connectivity index (χ3n) is 6.85. The fraction of sp³-hybridized carbons (Fsp3) is 0.788. The van der Waals surface area contributed by atoms with Crippen LogP contribution in [0.25, 0.3) is 0 Å². The van der Waals surface area contributed by atoms with Crippen LogP contribution >= 0.6 is 0 Å². The van der Waals surface area contributed by atoms with Gasteiger partial charge in [-0.05, 0) is 51.4 Å². The van der Waals surface area contributed by atoms with Crippen LogP contribution in [0.5, 0.6) is 0 Å². The van der Waals surface area contributed by atoms with Gasteiger partial charge in [0.25, 0.3) is 0 Å². The van der Waals surface area contributed by atoms with Gasteiger partial charge in [0, 0.05) is 6.42 Å². The largest absolute Gasteiger partial charge is 0.394 e. The third-order valence-corrected chi connectivity index (χ3v) is 6.85. The van der Waals surface area contributed by atoms with Gasteiger partial charge >= 0.3 is 0 Å². The lowest BCUT2D eigenvalue weighted by Crippen LogP contribution is -2.45. The van der Waals surface area contributed by atoms with Crippen LogP contribution in [0, 0.1) is 0 Å². The van der Waals surface area contributed by atoms with Crippen molar-refractivity contribution >= 4 is 5.91 Å². The van der Waals surface area contributed by atoms with Crippen LogP contribution in [0.4, 0.5) is 0 Å². The van der Waals surface area contributed by atoms with Crippen LogP contribution in [-0.4, -0.2) is 34.9 Å². The Labute approximate surface area is 230 Å². The average molecular weight is 520 g/mol. The van der Waals surface area contributed by atoms with E-state index in [-0.39, 0.29) is 12.5 Å². The molecular weight excluding hydrogens is 458 g/mol. The molecule has 0 heterocycles. The van der Waals surface area contributed by atoms with E-state index in [0.717, 1.165) is 32.1 Å². The second-order valence-corrected chi connectivity index (χ2v) is 10.5. The molecule has 2 unspecified atom stereocenters. The number of unbranched alkanes of at least 4 members (excludes halogenated alkanes) is 16. The first-order valence-corrected chi connectivity index (χ1v) is 15.7. The van der Waals surface area contributed by atoms with Gasteiger partial charge in [-0.25, -0.2) is 0 Å². The summed E-state index contributed by atoms with van der Waals surface area (Å²) < 4.78 is 0. The highest BCUT2D eigenvalue weighted by Crippen LogP contribution is 2.11. The summed E-state index contributed by atoms with van der Waals surface area (Å²) in [6.07, 6.45) is 36.5. The Morgan fingerprint density at radius 3 is 1.65 bits per heavy atom. The minimum Gasteiger partial charge on any atom is -0.394 e. The standard InChI is InChI=1S/C33H61NO3/c1-3-5-7-9-11-13-14-15-16-17-18-19-20-21-23-25-27-29-33(37)34-31(30-35)32(36)28-26-24-22-12-10-8-6-4-2/h10,12,15-16,26,28,31-32,35-36H,3-9,11,13-14,17-25,27,29-30H2,1-2H3,(H,34,37)/b12-10+,16-15-,28-26+. The molecule has 216 valence electrons. The summed E-state index contributed by atoms with van der Waals surface area (Å²) in [5, 5.41) is 22.6. The molecule has 0 radical (unpaired) electrons. The molecule has 3 N–H and O–H groups in total. The van der Waals surface area contributed by atoms with Gasteiger partial charge in [-0.15, -0.1) is 0 Å². The van der Waals surface area contributed by atoms with Crippen molar-refractivity contribution in [1.29, 1.82) is 0 Å². The van der Waals surface area contributed by atoms with Crippen molar-refractivity contribution in [3.05, 3.63) is 36.5 Å². The van der Waals surface area contributed by atoms with Crippen LogP contribution in [-0.2, 0) is 4.79 Å². The molecule has 4 nitrogen and oxygen atoms in total. The summed E-state index contributed by atoms with van der Waals surface area (Å²) in [6, 6.07) is -0.635. The Kier molecular flexibility index (Phi) is 28.1. The van der Waals surface area contributed by atoms with Crippen molar-refractivity contribution in [1.82, 2.24) is 5.32 Å². The van der Waals surface area contributed by atoms with Crippen LogP contribution in [0.2, 0.25) is 0 Å². The number of aliphatic hydroxyl groups is 2. The summed E-state index contributed by atoms with van der Waals surface area (Å²) in [4.78, 5) is 12.2.